The fraction of sp³-hybridized carbons (Fsp3) is 0.211. The average Bonchev–Trinajstić information content (AvgIpc) is 3.00. The Hall–Kier alpha value is -1.85. The monoisotopic (exact) mass is 392 g/mol. The molecule has 0 spiro atoms. The van der Waals surface area contributed by atoms with Crippen LogP contribution >= 0.6 is 23.2 Å². The van der Waals surface area contributed by atoms with Gasteiger partial charge in [-0.3, -0.25) is 0 Å². The van der Waals surface area contributed by atoms with Crippen LogP contribution in [-0.2, 0) is 0 Å². The van der Waals surface area contributed by atoms with Gasteiger partial charge in [-0.1, -0.05) is 23.2 Å². The van der Waals surface area contributed by atoms with Crippen molar-refractivity contribution in [3.05, 3.63) is 74.2 Å². The van der Waals surface area contributed by atoms with Gasteiger partial charge in [-0.15, -0.1) is 0 Å². The lowest BCUT2D eigenvalue weighted by atomic mass is 9.84. The van der Waals surface area contributed by atoms with Gasteiger partial charge >= 0.3 is 6.97 Å². The molecule has 2 aromatic rings. The molecule has 0 radical (unpaired) electrons. The van der Waals surface area contributed by atoms with Crippen molar-refractivity contribution in [2.75, 3.05) is 0 Å². The summed E-state index contributed by atoms with van der Waals surface area (Å²) in [6.07, 6.45) is 1.79. The molecule has 0 amide bonds. The van der Waals surface area contributed by atoms with Gasteiger partial charge in [-0.25, -0.2) is 0 Å². The normalized spacial score (nSPS) is 18.2. The van der Waals surface area contributed by atoms with Crippen LogP contribution in [0.15, 0.2) is 41.6 Å². The number of aromatic nitrogens is 1. The molecule has 3 heterocycles. The van der Waals surface area contributed by atoms with Crippen LogP contribution in [-0.4, -0.2) is 21.6 Å². The Morgan fingerprint density at radius 3 is 2.42 bits per heavy atom. The van der Waals surface area contributed by atoms with Gasteiger partial charge in [0.05, 0.1) is 5.57 Å². The lowest BCUT2D eigenvalue weighted by molar-refractivity contribution is -0.363. The van der Waals surface area contributed by atoms with Crippen molar-refractivity contribution in [3.63, 3.8) is 0 Å². The van der Waals surface area contributed by atoms with Crippen molar-refractivity contribution < 1.29 is 13.1 Å². The molecule has 1 aromatic carbocycles. The molecule has 2 aliphatic rings. The summed E-state index contributed by atoms with van der Waals surface area (Å²) in [5.41, 5.74) is 5.00. The first-order valence-corrected chi connectivity index (χ1v) is 9.12. The minimum atomic E-state index is -3.99. The molecule has 0 aliphatic carbocycles. The summed E-state index contributed by atoms with van der Waals surface area (Å²) < 4.78 is 33.4. The number of fused-ring (bicyclic) bond motifs is 2. The Bertz CT molecular complexity index is 1080. The molecule has 0 saturated carbocycles. The van der Waals surface area contributed by atoms with Gasteiger partial charge in [-0.2, -0.15) is 0 Å². The highest BCUT2D eigenvalue weighted by atomic mass is 35.5. The lowest BCUT2D eigenvalue weighted by Crippen LogP contribution is -2.51. The van der Waals surface area contributed by atoms with Gasteiger partial charge in [0.15, 0.2) is 5.70 Å². The van der Waals surface area contributed by atoms with Crippen LogP contribution in [0, 0.1) is 13.8 Å². The lowest BCUT2D eigenvalue weighted by Gasteiger charge is -2.34. The molecule has 0 fully saturated rings. The molecule has 0 bridgehead atoms. The minimum Gasteiger partial charge on any atom is -0.393 e. The second kappa shape index (κ2) is 5.57. The van der Waals surface area contributed by atoms with Crippen LogP contribution in [0.2, 0.25) is 10.0 Å². The summed E-state index contributed by atoms with van der Waals surface area (Å²) in [7, 11) is 0. The fourth-order valence-electron chi connectivity index (χ4n) is 4.24. The molecule has 2 nitrogen and oxygen atoms in total. The number of halogens is 4. The standard InChI is InChI=1S/C19H17BCl2F2N2/c1-10-7-12(3)25-18(10)17(15-9-14(21)5-6-16(15)22)19-11(2)8-13(4)26(19)20(25,23)24/h5-9H,1-4H3. The smallest absolute Gasteiger partial charge is 0.393 e. The van der Waals surface area contributed by atoms with E-state index in [9.17, 15) is 0 Å². The summed E-state index contributed by atoms with van der Waals surface area (Å²) in [4.78, 5) is 0. The Labute approximate surface area is 161 Å². The molecule has 7 heteroatoms. The summed E-state index contributed by atoms with van der Waals surface area (Å²) in [6.45, 7) is 3.13. The van der Waals surface area contributed by atoms with E-state index in [-0.39, 0.29) is 0 Å². The van der Waals surface area contributed by atoms with E-state index >= 15 is 8.63 Å². The zero-order valence-corrected chi connectivity index (χ0v) is 16.4. The largest absolute Gasteiger partial charge is 0.737 e. The first-order valence-electron chi connectivity index (χ1n) is 8.37. The number of aryl methyl sites for hydroxylation is 2. The van der Waals surface area contributed by atoms with Gasteiger partial charge in [0.2, 0.25) is 0 Å². The van der Waals surface area contributed by atoms with E-state index in [4.69, 9.17) is 23.2 Å². The maximum absolute atomic E-state index is 15.5. The van der Waals surface area contributed by atoms with Crippen molar-refractivity contribution in [3.8, 4) is 0 Å². The number of hydrogen-bond acceptors (Lipinski definition) is 0. The molecule has 134 valence electrons. The molecule has 2 aliphatic heterocycles. The topological polar surface area (TPSA) is 7.94 Å². The van der Waals surface area contributed by atoms with E-state index in [2.05, 4.69) is 0 Å². The van der Waals surface area contributed by atoms with Crippen LogP contribution < -0.4 is 0 Å². The van der Waals surface area contributed by atoms with E-state index in [0.29, 0.717) is 44.0 Å². The molecule has 4 rings (SSSR count). The molecule has 0 saturated heterocycles. The molecular weight excluding hydrogens is 376 g/mol. The van der Waals surface area contributed by atoms with Gasteiger partial charge in [0.1, 0.15) is 5.71 Å². The second-order valence-electron chi connectivity index (χ2n) is 6.96. The Kier molecular flexibility index (Phi) is 3.77. The third-order valence-corrected chi connectivity index (χ3v) is 5.70. The number of nitrogens with zero attached hydrogens (tertiary/aromatic N) is 2. The molecule has 0 N–H and O–H groups in total. The first kappa shape index (κ1) is 17.6. The van der Waals surface area contributed by atoms with Gasteiger partial charge in [0, 0.05) is 39.9 Å². The van der Waals surface area contributed by atoms with E-state index in [0.717, 1.165) is 20.1 Å². The van der Waals surface area contributed by atoms with Gasteiger partial charge < -0.3 is 17.6 Å². The summed E-state index contributed by atoms with van der Waals surface area (Å²) in [5, 5.41) is 0.997. The fourth-order valence-corrected chi connectivity index (χ4v) is 4.63. The van der Waals surface area contributed by atoms with Crippen molar-refractivity contribution in [1.29, 1.82) is 0 Å². The van der Waals surface area contributed by atoms with Crippen molar-refractivity contribution in [2.24, 2.45) is 0 Å². The quantitative estimate of drug-likeness (QED) is 0.538. The third kappa shape index (κ3) is 2.20. The average molecular weight is 393 g/mol. The third-order valence-electron chi connectivity index (χ3n) is 5.13. The molecule has 0 unspecified atom stereocenters. The van der Waals surface area contributed by atoms with Crippen molar-refractivity contribution in [2.45, 2.75) is 27.7 Å². The highest BCUT2D eigenvalue weighted by Crippen LogP contribution is 2.45. The number of hydrogen-bond donors (Lipinski definition) is 0. The van der Waals surface area contributed by atoms with Crippen LogP contribution in [0.25, 0.3) is 5.57 Å². The number of benzene rings is 1. The van der Waals surface area contributed by atoms with Crippen molar-refractivity contribution >= 4 is 41.5 Å². The van der Waals surface area contributed by atoms with Crippen molar-refractivity contribution in [1.82, 2.24) is 4.48 Å². The highest BCUT2D eigenvalue weighted by Gasteiger charge is 2.55. The molecule has 1 aromatic heterocycles. The predicted molar refractivity (Wildman–Crippen MR) is 104 cm³/mol. The maximum atomic E-state index is 15.5. The van der Waals surface area contributed by atoms with E-state index < -0.39 is 6.97 Å². The van der Waals surface area contributed by atoms with E-state index in [1.54, 1.807) is 44.2 Å². The zero-order valence-electron chi connectivity index (χ0n) is 14.9. The number of rotatable bonds is 1. The van der Waals surface area contributed by atoms with Crippen LogP contribution in [0.4, 0.5) is 8.63 Å². The van der Waals surface area contributed by atoms with Gasteiger partial charge in [-0.05, 0) is 56.3 Å². The summed E-state index contributed by atoms with van der Waals surface area (Å²) >= 11 is 12.7. The highest BCUT2D eigenvalue weighted by molar-refractivity contribution is 6.58. The SMILES string of the molecule is CC1=CC(C)=[N+]2C1=C(c1cc(Cl)ccc1Cl)c1c(C)cc(C)n1[B-]2(F)F. The molecule has 26 heavy (non-hydrogen) atoms. The Morgan fingerprint density at radius 1 is 1.04 bits per heavy atom. The van der Waals surface area contributed by atoms with Crippen LogP contribution in [0.1, 0.15) is 36.4 Å². The minimum absolute atomic E-state index is 0.483. The van der Waals surface area contributed by atoms with Gasteiger partial charge in [0.25, 0.3) is 0 Å². The Balaban J connectivity index is 2.22. The number of allylic oxidation sites excluding steroid dienone is 2. The summed E-state index contributed by atoms with van der Waals surface area (Å²) in [5.74, 6) is 0. The summed E-state index contributed by atoms with van der Waals surface area (Å²) in [6, 6.07) is 6.94. The molecular formula is C19H17BCl2F2N2. The molecule has 0 atom stereocenters. The van der Waals surface area contributed by atoms with Crippen LogP contribution in [0.5, 0.6) is 0 Å². The van der Waals surface area contributed by atoms with Crippen LogP contribution in [0.3, 0.4) is 0 Å². The van der Waals surface area contributed by atoms with E-state index in [1.165, 1.54) is 0 Å². The van der Waals surface area contributed by atoms with E-state index in [1.807, 2.05) is 13.8 Å². The first-order chi connectivity index (χ1) is 12.1. The predicted octanol–water partition coefficient (Wildman–Crippen LogP) is 5.84. The maximum Gasteiger partial charge on any atom is 0.737 e. The zero-order chi connectivity index (χ0) is 19.0. The second-order valence-corrected chi connectivity index (χ2v) is 7.81. The Morgan fingerprint density at radius 2 is 1.73 bits per heavy atom.